The van der Waals surface area contributed by atoms with Crippen LogP contribution in [0.15, 0.2) is 64.1 Å². The first-order valence-electron chi connectivity index (χ1n) is 10.2. The van der Waals surface area contributed by atoms with Crippen LogP contribution in [0.25, 0.3) is 0 Å². The fourth-order valence-electron chi connectivity index (χ4n) is 2.80. The van der Waals surface area contributed by atoms with Crippen LogP contribution in [0, 0.1) is 5.82 Å². The summed E-state index contributed by atoms with van der Waals surface area (Å²) < 4.78 is 24.7. The molecule has 1 aromatic heterocycles. The predicted molar refractivity (Wildman–Crippen MR) is 119 cm³/mol. The lowest BCUT2D eigenvalue weighted by Crippen LogP contribution is -2.36. The van der Waals surface area contributed by atoms with Crippen molar-refractivity contribution in [2.45, 2.75) is 45.9 Å². The fourth-order valence-corrected chi connectivity index (χ4v) is 2.80. The van der Waals surface area contributed by atoms with Gasteiger partial charge < -0.3 is 19.8 Å². The molecule has 0 fully saturated rings. The maximum Gasteiger partial charge on any atom is 0.213 e. The van der Waals surface area contributed by atoms with Gasteiger partial charge in [0.15, 0.2) is 5.96 Å². The van der Waals surface area contributed by atoms with Gasteiger partial charge in [0.25, 0.3) is 0 Å². The molecular formula is C24H29FN4O2. The lowest BCUT2D eigenvalue weighted by atomic mass is 9.94. The number of ether oxygens (including phenoxy) is 1. The summed E-state index contributed by atoms with van der Waals surface area (Å²) in [6, 6.07) is 14.1. The van der Waals surface area contributed by atoms with E-state index in [9.17, 15) is 4.39 Å². The molecule has 0 saturated carbocycles. The maximum absolute atomic E-state index is 13.2. The molecule has 7 heteroatoms. The summed E-state index contributed by atoms with van der Waals surface area (Å²) in [6.45, 7) is 7.63. The van der Waals surface area contributed by atoms with Crippen LogP contribution in [0.4, 0.5) is 4.39 Å². The monoisotopic (exact) mass is 424 g/mol. The molecule has 0 unspecified atom stereocenters. The molecular weight excluding hydrogens is 395 g/mol. The number of halogens is 1. The molecule has 0 saturated heterocycles. The predicted octanol–water partition coefficient (Wildman–Crippen LogP) is 4.56. The number of hydrogen-bond donors (Lipinski definition) is 2. The molecule has 31 heavy (non-hydrogen) atoms. The Kier molecular flexibility index (Phi) is 7.28. The van der Waals surface area contributed by atoms with Gasteiger partial charge in [0.05, 0.1) is 12.7 Å². The molecule has 1 heterocycles. The van der Waals surface area contributed by atoms with Crippen molar-refractivity contribution in [2.24, 2.45) is 4.99 Å². The normalized spacial score (nSPS) is 12.0. The number of benzene rings is 2. The first-order chi connectivity index (χ1) is 14.8. The molecule has 0 bridgehead atoms. The molecule has 0 radical (unpaired) electrons. The number of guanidine groups is 1. The third kappa shape index (κ3) is 6.84. The van der Waals surface area contributed by atoms with E-state index in [-0.39, 0.29) is 11.2 Å². The summed E-state index contributed by atoms with van der Waals surface area (Å²) >= 11 is 0. The molecule has 6 nitrogen and oxygen atoms in total. The van der Waals surface area contributed by atoms with Crippen LogP contribution in [0.3, 0.4) is 0 Å². The smallest absolute Gasteiger partial charge is 0.213 e. The number of oxazole rings is 1. The summed E-state index contributed by atoms with van der Waals surface area (Å²) in [4.78, 5) is 8.55. The van der Waals surface area contributed by atoms with E-state index in [0.29, 0.717) is 31.5 Å². The van der Waals surface area contributed by atoms with Crippen LogP contribution < -0.4 is 15.4 Å². The molecule has 164 valence electrons. The largest absolute Gasteiger partial charge is 0.489 e. The number of aliphatic imine (C=N–C) groups is 1. The molecule has 3 aromatic rings. The summed E-state index contributed by atoms with van der Waals surface area (Å²) in [5.74, 6) is 2.60. The Morgan fingerprint density at radius 1 is 1.06 bits per heavy atom. The van der Waals surface area contributed by atoms with E-state index < -0.39 is 0 Å². The molecule has 0 spiro atoms. The minimum Gasteiger partial charge on any atom is -0.489 e. The minimum absolute atomic E-state index is 0.0711. The van der Waals surface area contributed by atoms with E-state index in [1.165, 1.54) is 12.1 Å². The Bertz CT molecular complexity index is 1010. The van der Waals surface area contributed by atoms with Crippen molar-refractivity contribution >= 4 is 5.96 Å². The molecule has 3 rings (SSSR count). The van der Waals surface area contributed by atoms with Crippen molar-refractivity contribution in [3.63, 3.8) is 0 Å². The van der Waals surface area contributed by atoms with E-state index in [1.807, 2.05) is 30.3 Å². The Balaban J connectivity index is 1.45. The Hall–Kier alpha value is -3.35. The second-order valence-corrected chi connectivity index (χ2v) is 8.21. The standard InChI is InChI=1S/C24H29FN4O2/c1-24(2,3)21-14-27-22(31-21)15-29-23(26-4)28-13-17-8-10-20(11-9-17)30-16-18-6-5-7-19(25)12-18/h5-12,14H,13,15-16H2,1-4H3,(H2,26,28,29). The summed E-state index contributed by atoms with van der Waals surface area (Å²) in [5, 5.41) is 6.47. The molecule has 2 aromatic carbocycles. The summed E-state index contributed by atoms with van der Waals surface area (Å²) in [6.07, 6.45) is 1.77. The molecule has 0 aliphatic rings. The maximum atomic E-state index is 13.2. The van der Waals surface area contributed by atoms with Crippen LogP contribution >= 0.6 is 0 Å². The Morgan fingerprint density at radius 2 is 1.81 bits per heavy atom. The van der Waals surface area contributed by atoms with Gasteiger partial charge in [0.2, 0.25) is 5.89 Å². The first-order valence-corrected chi connectivity index (χ1v) is 10.2. The van der Waals surface area contributed by atoms with E-state index >= 15 is 0 Å². The van der Waals surface area contributed by atoms with Crippen molar-refractivity contribution < 1.29 is 13.5 Å². The summed E-state index contributed by atoms with van der Waals surface area (Å²) in [7, 11) is 1.72. The highest BCUT2D eigenvalue weighted by molar-refractivity contribution is 5.79. The minimum atomic E-state index is -0.262. The third-order valence-electron chi connectivity index (χ3n) is 4.60. The van der Waals surface area contributed by atoms with Gasteiger partial charge in [0.1, 0.15) is 23.9 Å². The number of aromatic nitrogens is 1. The van der Waals surface area contributed by atoms with Gasteiger partial charge in [-0.05, 0) is 35.4 Å². The van der Waals surface area contributed by atoms with Crippen molar-refractivity contribution in [1.29, 1.82) is 0 Å². The van der Waals surface area contributed by atoms with E-state index in [1.54, 1.807) is 19.3 Å². The summed E-state index contributed by atoms with van der Waals surface area (Å²) in [5.41, 5.74) is 1.80. The SMILES string of the molecule is CN=C(NCc1ccc(OCc2cccc(F)c2)cc1)NCc1ncc(C(C)(C)C)o1. The lowest BCUT2D eigenvalue weighted by Gasteiger charge is -2.13. The van der Waals surface area contributed by atoms with Crippen LogP contribution in [-0.4, -0.2) is 18.0 Å². The molecule has 0 aliphatic heterocycles. The second-order valence-electron chi connectivity index (χ2n) is 8.21. The Morgan fingerprint density at radius 3 is 2.45 bits per heavy atom. The van der Waals surface area contributed by atoms with Crippen LogP contribution in [-0.2, 0) is 25.1 Å². The topological polar surface area (TPSA) is 71.7 Å². The number of hydrogen-bond acceptors (Lipinski definition) is 4. The van der Waals surface area contributed by atoms with Gasteiger partial charge >= 0.3 is 0 Å². The quantitative estimate of drug-likeness (QED) is 0.430. The molecule has 0 aliphatic carbocycles. The van der Waals surface area contributed by atoms with Crippen LogP contribution in [0.1, 0.15) is 43.5 Å². The van der Waals surface area contributed by atoms with Crippen molar-refractivity contribution in [1.82, 2.24) is 15.6 Å². The zero-order chi connectivity index (χ0) is 22.3. The van der Waals surface area contributed by atoms with Gasteiger partial charge in [-0.1, -0.05) is 45.0 Å². The van der Waals surface area contributed by atoms with Crippen molar-refractivity contribution in [3.05, 3.63) is 83.3 Å². The Labute approximate surface area is 182 Å². The van der Waals surface area contributed by atoms with E-state index in [4.69, 9.17) is 9.15 Å². The highest BCUT2D eigenvalue weighted by Crippen LogP contribution is 2.22. The zero-order valence-electron chi connectivity index (χ0n) is 18.4. The highest BCUT2D eigenvalue weighted by atomic mass is 19.1. The van der Waals surface area contributed by atoms with Crippen LogP contribution in [0.2, 0.25) is 0 Å². The average Bonchev–Trinajstić information content (AvgIpc) is 3.23. The molecule has 2 N–H and O–H groups in total. The first kappa shape index (κ1) is 22.3. The van der Waals surface area contributed by atoms with E-state index in [0.717, 1.165) is 22.6 Å². The lowest BCUT2D eigenvalue weighted by molar-refractivity contribution is 0.305. The second kappa shape index (κ2) is 10.1. The van der Waals surface area contributed by atoms with E-state index in [2.05, 4.69) is 41.4 Å². The van der Waals surface area contributed by atoms with Gasteiger partial charge in [-0.2, -0.15) is 0 Å². The van der Waals surface area contributed by atoms with Gasteiger partial charge in [-0.15, -0.1) is 0 Å². The third-order valence-corrected chi connectivity index (χ3v) is 4.60. The average molecular weight is 425 g/mol. The number of nitrogens with zero attached hydrogens (tertiary/aromatic N) is 2. The molecule has 0 amide bonds. The van der Waals surface area contributed by atoms with Crippen molar-refractivity contribution in [3.8, 4) is 5.75 Å². The zero-order valence-corrected chi connectivity index (χ0v) is 18.4. The van der Waals surface area contributed by atoms with Gasteiger partial charge in [0, 0.05) is 19.0 Å². The van der Waals surface area contributed by atoms with Gasteiger partial charge in [-0.3, -0.25) is 4.99 Å². The van der Waals surface area contributed by atoms with Gasteiger partial charge in [-0.25, -0.2) is 9.37 Å². The number of nitrogens with one attached hydrogen (secondary N) is 2. The highest BCUT2D eigenvalue weighted by Gasteiger charge is 2.19. The fraction of sp³-hybridized carbons (Fsp3) is 0.333. The van der Waals surface area contributed by atoms with Crippen LogP contribution in [0.5, 0.6) is 5.75 Å². The number of rotatable bonds is 7. The molecule has 0 atom stereocenters. The van der Waals surface area contributed by atoms with Crippen molar-refractivity contribution in [2.75, 3.05) is 7.05 Å².